The summed E-state index contributed by atoms with van der Waals surface area (Å²) in [6.07, 6.45) is 5.89. The molecule has 3 rings (SSSR count). The number of piperidine rings is 1. The number of amides is 1. The van der Waals surface area contributed by atoms with E-state index in [0.717, 1.165) is 38.5 Å². The molecule has 1 N–H and O–H groups in total. The number of rotatable bonds is 5. The van der Waals surface area contributed by atoms with Crippen LogP contribution in [0, 0.1) is 5.92 Å². The lowest BCUT2D eigenvalue weighted by atomic mass is 9.98. The minimum Gasteiger partial charge on any atom is -0.353 e. The topological polar surface area (TPSA) is 66.5 Å². The van der Waals surface area contributed by atoms with E-state index in [-0.39, 0.29) is 30.2 Å². The average molecular weight is 385 g/mol. The monoisotopic (exact) mass is 384 g/mol. The van der Waals surface area contributed by atoms with Gasteiger partial charge in [-0.1, -0.05) is 36.6 Å². The van der Waals surface area contributed by atoms with Gasteiger partial charge in [0.05, 0.1) is 11.7 Å². The number of nitrogens with zero attached hydrogens (tertiary/aromatic N) is 1. The zero-order chi connectivity index (χ0) is 17.9. The first-order valence-electron chi connectivity index (χ1n) is 8.97. The second kappa shape index (κ2) is 8.06. The molecule has 1 saturated heterocycles. The molecule has 0 spiro atoms. The van der Waals surface area contributed by atoms with Crippen molar-refractivity contribution in [3.05, 3.63) is 34.9 Å². The molecule has 1 heterocycles. The molecule has 0 aromatic heterocycles. The molecule has 1 atom stereocenters. The fraction of sp³-hybridized carbons (Fsp3) is 0.611. The number of hydrogen-bond acceptors (Lipinski definition) is 3. The minimum atomic E-state index is -3.43. The van der Waals surface area contributed by atoms with E-state index in [2.05, 4.69) is 5.32 Å². The molecule has 25 heavy (non-hydrogen) atoms. The lowest BCUT2D eigenvalue weighted by molar-refractivity contribution is -0.126. The van der Waals surface area contributed by atoms with Crippen molar-refractivity contribution >= 4 is 27.5 Å². The van der Waals surface area contributed by atoms with Crippen LogP contribution in [0.2, 0.25) is 5.02 Å². The van der Waals surface area contributed by atoms with Gasteiger partial charge in [0.25, 0.3) is 0 Å². The van der Waals surface area contributed by atoms with Crippen molar-refractivity contribution in [2.24, 2.45) is 5.92 Å². The van der Waals surface area contributed by atoms with Crippen molar-refractivity contribution in [1.29, 1.82) is 0 Å². The Morgan fingerprint density at radius 3 is 2.48 bits per heavy atom. The van der Waals surface area contributed by atoms with Gasteiger partial charge in [-0.25, -0.2) is 12.7 Å². The predicted molar refractivity (Wildman–Crippen MR) is 98.8 cm³/mol. The Hall–Kier alpha value is -1.11. The number of carbonyl (C=O) groups is 1. The van der Waals surface area contributed by atoms with Crippen LogP contribution >= 0.6 is 11.6 Å². The Kier molecular flexibility index (Phi) is 6.02. The average Bonchev–Trinajstić information content (AvgIpc) is 3.10. The lowest BCUT2D eigenvalue weighted by Gasteiger charge is -2.32. The summed E-state index contributed by atoms with van der Waals surface area (Å²) in [4.78, 5) is 12.5. The van der Waals surface area contributed by atoms with Crippen LogP contribution in [-0.4, -0.2) is 37.8 Å². The Morgan fingerprint density at radius 2 is 1.80 bits per heavy atom. The lowest BCUT2D eigenvalue weighted by Crippen LogP contribution is -2.47. The van der Waals surface area contributed by atoms with Crippen LogP contribution in [0.4, 0.5) is 0 Å². The molecule has 1 aliphatic carbocycles. The van der Waals surface area contributed by atoms with E-state index in [4.69, 9.17) is 11.6 Å². The summed E-state index contributed by atoms with van der Waals surface area (Å²) in [5.41, 5.74) is 0.710. The molecular weight excluding hydrogens is 360 g/mol. The van der Waals surface area contributed by atoms with E-state index in [1.165, 1.54) is 4.31 Å². The fourth-order valence-electron chi connectivity index (χ4n) is 3.68. The number of hydrogen-bond donors (Lipinski definition) is 1. The number of carbonyl (C=O) groups excluding carboxylic acids is 1. The van der Waals surface area contributed by atoms with Gasteiger partial charge in [0.15, 0.2) is 0 Å². The van der Waals surface area contributed by atoms with Crippen molar-refractivity contribution in [1.82, 2.24) is 9.62 Å². The third-order valence-corrected chi connectivity index (χ3v) is 7.18. The normalized spacial score (nSPS) is 22.8. The molecular formula is C18H25ClN2O3S. The van der Waals surface area contributed by atoms with Crippen molar-refractivity contribution in [2.45, 2.75) is 50.3 Å². The maximum absolute atomic E-state index is 12.7. The Bertz CT molecular complexity index is 700. The van der Waals surface area contributed by atoms with Gasteiger partial charge in [-0.05, 0) is 43.4 Å². The molecule has 2 aliphatic rings. The summed E-state index contributed by atoms with van der Waals surface area (Å²) in [6, 6.07) is 7.12. The Balaban J connectivity index is 1.61. The highest BCUT2D eigenvalue weighted by Gasteiger charge is 2.33. The van der Waals surface area contributed by atoms with Gasteiger partial charge in [0.1, 0.15) is 0 Å². The van der Waals surface area contributed by atoms with Gasteiger partial charge in [-0.2, -0.15) is 0 Å². The van der Waals surface area contributed by atoms with E-state index in [9.17, 15) is 13.2 Å². The molecule has 1 saturated carbocycles. The van der Waals surface area contributed by atoms with E-state index in [0.29, 0.717) is 17.1 Å². The highest BCUT2D eigenvalue weighted by atomic mass is 35.5. The van der Waals surface area contributed by atoms with E-state index >= 15 is 0 Å². The third kappa shape index (κ3) is 4.96. The van der Waals surface area contributed by atoms with E-state index < -0.39 is 10.0 Å². The molecule has 1 aromatic rings. The highest BCUT2D eigenvalue weighted by molar-refractivity contribution is 7.88. The van der Waals surface area contributed by atoms with Crippen LogP contribution in [0.3, 0.4) is 0 Å². The standard InChI is InChI=1S/C18H25ClN2O3S/c19-16-9-7-14(8-10-16)13-25(23,24)21-11-3-4-15(12-21)18(22)20-17-5-1-2-6-17/h7-10,15,17H,1-6,11-13H2,(H,20,22)/t15-/m1/s1. The van der Waals surface area contributed by atoms with Crippen LogP contribution in [0.5, 0.6) is 0 Å². The quantitative estimate of drug-likeness (QED) is 0.848. The summed E-state index contributed by atoms with van der Waals surface area (Å²) < 4.78 is 26.9. The molecule has 0 radical (unpaired) electrons. The maximum atomic E-state index is 12.7. The summed E-state index contributed by atoms with van der Waals surface area (Å²) in [5, 5.41) is 3.69. The molecule has 138 valence electrons. The molecule has 0 unspecified atom stereocenters. The molecule has 7 heteroatoms. The van der Waals surface area contributed by atoms with Crippen molar-refractivity contribution < 1.29 is 13.2 Å². The fourth-order valence-corrected chi connectivity index (χ4v) is 5.42. The van der Waals surface area contributed by atoms with Crippen LogP contribution in [0.15, 0.2) is 24.3 Å². The molecule has 1 aliphatic heterocycles. The zero-order valence-electron chi connectivity index (χ0n) is 14.3. The SMILES string of the molecule is O=C(NC1CCCC1)[C@@H]1CCCN(S(=O)(=O)Cc2ccc(Cl)cc2)C1. The number of benzene rings is 1. The molecule has 1 aromatic carbocycles. The summed E-state index contributed by atoms with van der Waals surface area (Å²) in [7, 11) is -3.43. The second-order valence-electron chi connectivity index (χ2n) is 7.07. The van der Waals surface area contributed by atoms with Gasteiger partial charge in [0, 0.05) is 24.2 Å². The first kappa shape index (κ1) is 18.7. The van der Waals surface area contributed by atoms with Crippen LogP contribution in [0.1, 0.15) is 44.1 Å². The number of sulfonamides is 1. The predicted octanol–water partition coefficient (Wildman–Crippen LogP) is 2.94. The van der Waals surface area contributed by atoms with Gasteiger partial charge in [0.2, 0.25) is 15.9 Å². The largest absolute Gasteiger partial charge is 0.353 e. The highest BCUT2D eigenvalue weighted by Crippen LogP contribution is 2.24. The van der Waals surface area contributed by atoms with Gasteiger partial charge in [-0.3, -0.25) is 4.79 Å². The van der Waals surface area contributed by atoms with E-state index in [1.807, 2.05) is 0 Å². The Labute approximate surface area is 154 Å². The smallest absolute Gasteiger partial charge is 0.224 e. The summed E-state index contributed by atoms with van der Waals surface area (Å²) >= 11 is 5.85. The van der Waals surface area contributed by atoms with Crippen LogP contribution in [0.25, 0.3) is 0 Å². The van der Waals surface area contributed by atoms with E-state index in [1.54, 1.807) is 24.3 Å². The molecule has 5 nitrogen and oxygen atoms in total. The first-order chi connectivity index (χ1) is 11.9. The first-order valence-corrected chi connectivity index (χ1v) is 11.0. The van der Waals surface area contributed by atoms with Gasteiger partial charge in [-0.15, -0.1) is 0 Å². The van der Waals surface area contributed by atoms with Crippen molar-refractivity contribution in [3.8, 4) is 0 Å². The van der Waals surface area contributed by atoms with Gasteiger partial charge < -0.3 is 5.32 Å². The maximum Gasteiger partial charge on any atom is 0.224 e. The van der Waals surface area contributed by atoms with Crippen molar-refractivity contribution in [2.75, 3.05) is 13.1 Å². The second-order valence-corrected chi connectivity index (χ2v) is 9.48. The summed E-state index contributed by atoms with van der Waals surface area (Å²) in [6.45, 7) is 0.775. The van der Waals surface area contributed by atoms with Crippen LogP contribution < -0.4 is 5.32 Å². The number of halogens is 1. The molecule has 0 bridgehead atoms. The number of nitrogens with one attached hydrogen (secondary N) is 1. The minimum absolute atomic E-state index is 0.0123. The Morgan fingerprint density at radius 1 is 1.12 bits per heavy atom. The summed E-state index contributed by atoms with van der Waals surface area (Å²) in [5.74, 6) is -0.283. The van der Waals surface area contributed by atoms with Gasteiger partial charge >= 0.3 is 0 Å². The zero-order valence-corrected chi connectivity index (χ0v) is 15.9. The van der Waals surface area contributed by atoms with Crippen molar-refractivity contribution in [3.63, 3.8) is 0 Å². The molecule has 1 amide bonds. The van der Waals surface area contributed by atoms with Crippen LogP contribution in [-0.2, 0) is 20.6 Å². The third-order valence-electron chi connectivity index (χ3n) is 5.11. The molecule has 2 fully saturated rings.